The zero-order valence-corrected chi connectivity index (χ0v) is 53.5. The van der Waals surface area contributed by atoms with Gasteiger partial charge in [-0.05, 0) is 103 Å². The van der Waals surface area contributed by atoms with Crippen LogP contribution in [0.25, 0.3) is 0 Å². The zero-order valence-electron chi connectivity index (χ0n) is 53.5. The van der Waals surface area contributed by atoms with E-state index in [0.29, 0.717) is 19.3 Å². The van der Waals surface area contributed by atoms with E-state index in [1.54, 1.807) is 0 Å². The van der Waals surface area contributed by atoms with Gasteiger partial charge in [-0.2, -0.15) is 0 Å². The molecule has 81 heavy (non-hydrogen) atoms. The molecule has 1 unspecified atom stereocenters. The van der Waals surface area contributed by atoms with Gasteiger partial charge in [0, 0.05) is 19.3 Å². The summed E-state index contributed by atoms with van der Waals surface area (Å²) in [4.78, 5) is 38.1. The molecule has 0 rings (SSSR count). The number of rotatable bonds is 63. The van der Waals surface area contributed by atoms with Crippen molar-refractivity contribution in [3.05, 3.63) is 97.2 Å². The van der Waals surface area contributed by atoms with Crippen molar-refractivity contribution >= 4 is 17.9 Å². The molecular weight excluding hydrogens is 997 g/mol. The Morgan fingerprint density at radius 3 is 0.753 bits per heavy atom. The molecule has 0 bridgehead atoms. The summed E-state index contributed by atoms with van der Waals surface area (Å²) in [6.45, 7) is 6.50. The fourth-order valence-electron chi connectivity index (χ4n) is 9.89. The number of hydrogen-bond donors (Lipinski definition) is 0. The van der Waals surface area contributed by atoms with Gasteiger partial charge in [0.25, 0.3) is 0 Å². The second kappa shape index (κ2) is 68.8. The van der Waals surface area contributed by atoms with Crippen LogP contribution in [0.2, 0.25) is 0 Å². The monoisotopic (exact) mass is 1130 g/mol. The van der Waals surface area contributed by atoms with Crippen molar-refractivity contribution < 1.29 is 28.6 Å². The molecule has 0 saturated carbocycles. The molecular formula is C75H130O6. The largest absolute Gasteiger partial charge is 0.462 e. The maximum Gasteiger partial charge on any atom is 0.306 e. The Hall–Kier alpha value is -3.67. The van der Waals surface area contributed by atoms with E-state index in [2.05, 4.69) is 118 Å². The minimum atomic E-state index is -0.776. The first-order chi connectivity index (χ1) is 40.0. The second-order valence-electron chi connectivity index (χ2n) is 23.1. The van der Waals surface area contributed by atoms with E-state index in [9.17, 15) is 14.4 Å². The lowest BCUT2D eigenvalue weighted by Crippen LogP contribution is -2.30. The van der Waals surface area contributed by atoms with Gasteiger partial charge >= 0.3 is 17.9 Å². The third-order valence-corrected chi connectivity index (χ3v) is 15.1. The van der Waals surface area contributed by atoms with E-state index in [4.69, 9.17) is 14.2 Å². The standard InChI is InChI=1S/C75H130O6/c1-4-7-10-13-16-18-20-22-24-26-28-30-31-32-33-34-35-36-37-38-39-40-41-42-43-45-46-48-50-52-54-56-59-62-65-68-74(77)80-71-72(70-79-73(76)67-64-61-58-15-12-9-6-3)81-75(78)69-66-63-60-57-55-53-51-49-47-44-29-27-25-23-21-19-17-14-11-8-5-2/h7,10,16,18,21-24,27-30,32-33,35-36,72H,4-6,8-9,11-15,17,19-20,25-26,31,34,37-71H2,1-3H3/b10-7-,18-16-,23-21-,24-22-,29-27-,30-28-,33-32-,36-35-. The molecule has 0 saturated heterocycles. The van der Waals surface area contributed by atoms with Crippen LogP contribution in [0.5, 0.6) is 0 Å². The Kier molecular flexibility index (Phi) is 65.7. The lowest BCUT2D eigenvalue weighted by Gasteiger charge is -2.18. The van der Waals surface area contributed by atoms with Crippen LogP contribution in [0, 0.1) is 0 Å². The summed E-state index contributed by atoms with van der Waals surface area (Å²) in [5, 5.41) is 0. The van der Waals surface area contributed by atoms with Crippen LogP contribution < -0.4 is 0 Å². The fourth-order valence-corrected chi connectivity index (χ4v) is 9.89. The molecule has 0 N–H and O–H groups in total. The van der Waals surface area contributed by atoms with E-state index in [0.717, 1.165) is 103 Å². The van der Waals surface area contributed by atoms with E-state index < -0.39 is 6.10 Å². The average Bonchev–Trinajstić information content (AvgIpc) is 3.47. The summed E-state index contributed by atoms with van der Waals surface area (Å²) in [5.74, 6) is -0.871. The minimum Gasteiger partial charge on any atom is -0.462 e. The normalized spacial score (nSPS) is 12.7. The summed E-state index contributed by atoms with van der Waals surface area (Å²) in [6.07, 6.45) is 93.2. The van der Waals surface area contributed by atoms with E-state index >= 15 is 0 Å². The predicted molar refractivity (Wildman–Crippen MR) is 353 cm³/mol. The van der Waals surface area contributed by atoms with Crippen molar-refractivity contribution in [1.82, 2.24) is 0 Å². The molecule has 6 heteroatoms. The van der Waals surface area contributed by atoms with Crippen LogP contribution in [0.3, 0.4) is 0 Å². The molecule has 0 aromatic heterocycles. The molecule has 0 amide bonds. The average molecular weight is 1130 g/mol. The minimum absolute atomic E-state index is 0.0748. The van der Waals surface area contributed by atoms with Gasteiger partial charge in [-0.3, -0.25) is 14.4 Å². The van der Waals surface area contributed by atoms with E-state index in [1.807, 2.05) is 0 Å². The highest BCUT2D eigenvalue weighted by atomic mass is 16.6. The summed E-state index contributed by atoms with van der Waals surface area (Å²) >= 11 is 0. The first-order valence-corrected chi connectivity index (χ1v) is 34.7. The highest BCUT2D eigenvalue weighted by molar-refractivity contribution is 5.71. The molecule has 0 heterocycles. The van der Waals surface area contributed by atoms with Crippen molar-refractivity contribution in [3.63, 3.8) is 0 Å². The lowest BCUT2D eigenvalue weighted by atomic mass is 10.0. The van der Waals surface area contributed by atoms with Crippen LogP contribution in [0.15, 0.2) is 97.2 Å². The molecule has 0 spiro atoms. The molecule has 6 nitrogen and oxygen atoms in total. The van der Waals surface area contributed by atoms with E-state index in [-0.39, 0.29) is 31.1 Å². The van der Waals surface area contributed by atoms with Crippen LogP contribution in [0.1, 0.15) is 342 Å². The molecule has 0 aliphatic heterocycles. The number of ether oxygens (including phenoxy) is 3. The maximum absolute atomic E-state index is 12.9. The van der Waals surface area contributed by atoms with Crippen molar-refractivity contribution in [3.8, 4) is 0 Å². The molecule has 0 radical (unpaired) electrons. The van der Waals surface area contributed by atoms with Gasteiger partial charge in [0.2, 0.25) is 0 Å². The number of hydrogen-bond acceptors (Lipinski definition) is 6. The smallest absolute Gasteiger partial charge is 0.306 e. The Bertz CT molecular complexity index is 1580. The van der Waals surface area contributed by atoms with Gasteiger partial charge in [-0.25, -0.2) is 0 Å². The lowest BCUT2D eigenvalue weighted by molar-refractivity contribution is -0.167. The SMILES string of the molecule is CC/C=C\C/C=C\C/C=C\C/C=C\C/C=C\C/C=C\CCCCCCCCCCCCCCCCCCC(=O)OCC(COC(=O)CCCCCCCCC)OC(=O)CCCCCCCCCCC/C=C\C/C=C\CCCCCCC. The molecule has 1 atom stereocenters. The van der Waals surface area contributed by atoms with Crippen LogP contribution in [0.4, 0.5) is 0 Å². The summed E-state index contributed by atoms with van der Waals surface area (Å²) in [7, 11) is 0. The topological polar surface area (TPSA) is 78.9 Å². The van der Waals surface area contributed by atoms with Gasteiger partial charge in [-0.15, -0.1) is 0 Å². The highest BCUT2D eigenvalue weighted by Crippen LogP contribution is 2.17. The van der Waals surface area contributed by atoms with Gasteiger partial charge in [-0.1, -0.05) is 317 Å². The quantitative estimate of drug-likeness (QED) is 0.0261. The fraction of sp³-hybridized carbons (Fsp3) is 0.747. The number of unbranched alkanes of at least 4 members (excludes halogenated alkanes) is 36. The molecule has 0 aromatic rings. The summed E-state index contributed by atoms with van der Waals surface area (Å²) < 4.78 is 16.9. The summed E-state index contributed by atoms with van der Waals surface area (Å²) in [6, 6.07) is 0. The zero-order chi connectivity index (χ0) is 58.5. The van der Waals surface area contributed by atoms with Crippen LogP contribution >= 0.6 is 0 Å². The Morgan fingerprint density at radius 2 is 0.481 bits per heavy atom. The number of esters is 3. The molecule has 0 aliphatic carbocycles. The van der Waals surface area contributed by atoms with Crippen LogP contribution in [-0.2, 0) is 28.6 Å². The second-order valence-corrected chi connectivity index (χ2v) is 23.1. The first-order valence-electron chi connectivity index (χ1n) is 34.7. The predicted octanol–water partition coefficient (Wildman–Crippen LogP) is 24.0. The Balaban J connectivity index is 4.03. The molecule has 0 fully saturated rings. The third-order valence-electron chi connectivity index (χ3n) is 15.1. The third kappa shape index (κ3) is 67.0. The van der Waals surface area contributed by atoms with Crippen molar-refractivity contribution in [2.75, 3.05) is 13.2 Å². The Labute approximate surface area is 502 Å². The van der Waals surface area contributed by atoms with Crippen molar-refractivity contribution in [2.45, 2.75) is 348 Å². The van der Waals surface area contributed by atoms with Gasteiger partial charge < -0.3 is 14.2 Å². The van der Waals surface area contributed by atoms with Crippen molar-refractivity contribution in [1.29, 1.82) is 0 Å². The summed E-state index contributed by atoms with van der Waals surface area (Å²) in [5.41, 5.74) is 0. The highest BCUT2D eigenvalue weighted by Gasteiger charge is 2.19. The molecule has 0 aromatic carbocycles. The van der Waals surface area contributed by atoms with Gasteiger partial charge in [0.15, 0.2) is 6.10 Å². The van der Waals surface area contributed by atoms with Crippen LogP contribution in [-0.4, -0.2) is 37.2 Å². The maximum atomic E-state index is 12.9. The Morgan fingerprint density at radius 1 is 0.259 bits per heavy atom. The van der Waals surface area contributed by atoms with Gasteiger partial charge in [0.1, 0.15) is 13.2 Å². The molecule has 466 valence electrons. The molecule has 0 aliphatic rings. The van der Waals surface area contributed by atoms with Crippen molar-refractivity contribution in [2.24, 2.45) is 0 Å². The first kappa shape index (κ1) is 77.3. The number of carbonyl (C=O) groups is 3. The van der Waals surface area contributed by atoms with E-state index in [1.165, 1.54) is 199 Å². The van der Waals surface area contributed by atoms with Gasteiger partial charge in [0.05, 0.1) is 0 Å². The number of allylic oxidation sites excluding steroid dienone is 16. The number of carbonyl (C=O) groups excluding carboxylic acids is 3.